The number of fused-ring (bicyclic) bond motifs is 3. The number of hydrogen-bond acceptors (Lipinski definition) is 7. The summed E-state index contributed by atoms with van der Waals surface area (Å²) in [5.41, 5.74) is 7.46. The molecule has 0 unspecified atom stereocenters. The van der Waals surface area contributed by atoms with Crippen molar-refractivity contribution in [2.75, 3.05) is 32.4 Å². The number of nitrogens with one attached hydrogen (secondary N) is 1. The molecule has 1 aliphatic rings. The molecule has 164 valence electrons. The molecule has 4 rings (SSSR count). The minimum Gasteiger partial charge on any atom is -0.465 e. The first-order valence-electron chi connectivity index (χ1n) is 10.2. The van der Waals surface area contributed by atoms with Gasteiger partial charge in [0.1, 0.15) is 5.52 Å². The summed E-state index contributed by atoms with van der Waals surface area (Å²) < 4.78 is 1.88. The Kier molecular flexibility index (Phi) is 6.23. The van der Waals surface area contributed by atoms with Crippen molar-refractivity contribution in [3.63, 3.8) is 0 Å². The van der Waals surface area contributed by atoms with Gasteiger partial charge in [-0.25, -0.2) is 14.8 Å². The zero-order chi connectivity index (χ0) is 22.0. The molecule has 3 aromatic rings. The molecule has 0 bridgehead atoms. The Bertz CT molecular complexity index is 1120. The normalized spacial score (nSPS) is 15.5. The van der Waals surface area contributed by atoms with Crippen molar-refractivity contribution in [2.45, 2.75) is 24.5 Å². The lowest BCUT2D eigenvalue weighted by Gasteiger charge is -2.31. The molecule has 0 radical (unpaired) electrons. The molecule has 2 amide bonds. The monoisotopic (exact) mass is 443 g/mol. The number of rotatable bonds is 7. The van der Waals surface area contributed by atoms with Crippen LogP contribution in [0.5, 0.6) is 0 Å². The predicted octanol–water partition coefficient (Wildman–Crippen LogP) is 1.78. The van der Waals surface area contributed by atoms with E-state index in [-0.39, 0.29) is 5.69 Å². The van der Waals surface area contributed by atoms with E-state index in [9.17, 15) is 9.59 Å². The largest absolute Gasteiger partial charge is 0.465 e. The van der Waals surface area contributed by atoms with Gasteiger partial charge in [0, 0.05) is 36.6 Å². The molecule has 11 heteroatoms. The number of hydrogen-bond donors (Lipinski definition) is 3. The maximum atomic E-state index is 12.0. The van der Waals surface area contributed by atoms with Crippen molar-refractivity contribution < 1.29 is 14.7 Å². The highest BCUT2D eigenvalue weighted by atomic mass is 32.2. The minimum atomic E-state index is -0.994. The zero-order valence-corrected chi connectivity index (χ0v) is 18.1. The molecule has 10 nitrogen and oxygen atoms in total. The van der Waals surface area contributed by atoms with E-state index in [1.54, 1.807) is 6.20 Å². The highest BCUT2D eigenvalue weighted by Crippen LogP contribution is 2.29. The molecular formula is C20H25N7O3S. The van der Waals surface area contributed by atoms with Gasteiger partial charge in [-0.2, -0.15) is 5.10 Å². The number of carbonyl (C=O) groups excluding carboxylic acids is 1. The summed E-state index contributed by atoms with van der Waals surface area (Å²) in [7, 11) is 0. The smallest absolute Gasteiger partial charge is 0.404 e. The minimum absolute atomic E-state index is 0.262. The molecule has 31 heavy (non-hydrogen) atoms. The second kappa shape index (κ2) is 9.06. The SMILES string of the molecule is CSc1ncc2ccc3c(C(N)=O)nn(CC4CCN(CCNC(=O)O)CC4)c3c2n1. The first kappa shape index (κ1) is 21.3. The van der Waals surface area contributed by atoms with Gasteiger partial charge in [-0.05, 0) is 44.2 Å². The molecule has 2 aromatic heterocycles. The fourth-order valence-corrected chi connectivity index (χ4v) is 4.45. The standard InChI is InChI=1S/C20H25N7O3S/c1-31-19-23-10-13-2-3-14-16(18(21)28)25-27(17(14)15(13)24-19)11-12-4-7-26(8-5-12)9-6-22-20(29)30/h2-3,10,12,22H,4-9,11H2,1H3,(H2,21,28)(H,29,30). The van der Waals surface area contributed by atoms with Crippen molar-refractivity contribution in [3.8, 4) is 0 Å². The van der Waals surface area contributed by atoms with Gasteiger partial charge in [-0.15, -0.1) is 0 Å². The Balaban J connectivity index is 1.58. The summed E-state index contributed by atoms with van der Waals surface area (Å²) in [5, 5.41) is 17.9. The number of carbonyl (C=O) groups is 2. The lowest BCUT2D eigenvalue weighted by Crippen LogP contribution is -2.40. The summed E-state index contributed by atoms with van der Waals surface area (Å²) in [6, 6.07) is 3.76. The number of nitrogens with zero attached hydrogens (tertiary/aromatic N) is 5. The van der Waals surface area contributed by atoms with Crippen LogP contribution in [-0.2, 0) is 6.54 Å². The lowest BCUT2D eigenvalue weighted by atomic mass is 9.96. The van der Waals surface area contributed by atoms with Gasteiger partial charge in [-0.1, -0.05) is 17.8 Å². The van der Waals surface area contributed by atoms with Crippen LogP contribution in [0.1, 0.15) is 23.3 Å². The van der Waals surface area contributed by atoms with E-state index in [1.807, 2.05) is 23.1 Å². The molecule has 0 saturated carbocycles. The molecule has 4 N–H and O–H groups in total. The van der Waals surface area contributed by atoms with E-state index in [0.29, 0.717) is 36.1 Å². The van der Waals surface area contributed by atoms with Crippen LogP contribution in [0, 0.1) is 5.92 Å². The molecule has 1 aliphatic heterocycles. The molecule has 0 spiro atoms. The number of aromatic nitrogens is 4. The van der Waals surface area contributed by atoms with Gasteiger partial charge < -0.3 is 21.1 Å². The molecule has 0 atom stereocenters. The van der Waals surface area contributed by atoms with E-state index in [0.717, 1.165) is 42.4 Å². The van der Waals surface area contributed by atoms with E-state index < -0.39 is 12.0 Å². The predicted molar refractivity (Wildman–Crippen MR) is 118 cm³/mol. The number of piperidine rings is 1. The van der Waals surface area contributed by atoms with E-state index >= 15 is 0 Å². The van der Waals surface area contributed by atoms with Gasteiger partial charge in [0.15, 0.2) is 10.9 Å². The number of carboxylic acid groups (broad SMARTS) is 1. The number of thioether (sulfide) groups is 1. The first-order valence-corrected chi connectivity index (χ1v) is 11.4. The number of nitrogens with two attached hydrogens (primary N) is 1. The summed E-state index contributed by atoms with van der Waals surface area (Å²) in [5.74, 6) is -0.160. The van der Waals surface area contributed by atoms with Gasteiger partial charge >= 0.3 is 6.09 Å². The molecule has 1 fully saturated rings. The lowest BCUT2D eigenvalue weighted by molar-refractivity contribution is 0.0995. The Hall–Kier alpha value is -2.92. The van der Waals surface area contributed by atoms with Crippen LogP contribution >= 0.6 is 11.8 Å². The maximum Gasteiger partial charge on any atom is 0.404 e. The first-order chi connectivity index (χ1) is 15.0. The molecule has 1 aromatic carbocycles. The van der Waals surface area contributed by atoms with Crippen LogP contribution in [0.2, 0.25) is 0 Å². The van der Waals surface area contributed by atoms with Crippen molar-refractivity contribution in [1.29, 1.82) is 0 Å². The summed E-state index contributed by atoms with van der Waals surface area (Å²) in [6.45, 7) is 3.59. The van der Waals surface area contributed by atoms with Gasteiger partial charge in [-0.3, -0.25) is 9.48 Å². The fraction of sp³-hybridized carbons (Fsp3) is 0.450. The number of benzene rings is 1. The van der Waals surface area contributed by atoms with Crippen LogP contribution in [0.4, 0.5) is 4.79 Å². The number of primary amides is 1. The van der Waals surface area contributed by atoms with E-state index in [1.165, 1.54) is 11.8 Å². The van der Waals surface area contributed by atoms with Crippen LogP contribution in [0.25, 0.3) is 21.8 Å². The van der Waals surface area contributed by atoms with Gasteiger partial charge in [0.05, 0.1) is 5.52 Å². The molecule has 1 saturated heterocycles. The Morgan fingerprint density at radius 1 is 1.32 bits per heavy atom. The van der Waals surface area contributed by atoms with Crippen LogP contribution in [0.15, 0.2) is 23.5 Å². The maximum absolute atomic E-state index is 12.0. The summed E-state index contributed by atoms with van der Waals surface area (Å²) in [4.78, 5) is 33.9. The third-order valence-corrected chi connectivity index (χ3v) is 6.26. The van der Waals surface area contributed by atoms with Crippen molar-refractivity contribution in [3.05, 3.63) is 24.0 Å². The Labute approximate surface area is 183 Å². The Morgan fingerprint density at radius 2 is 2.10 bits per heavy atom. The topological polar surface area (TPSA) is 139 Å². The number of amides is 2. The second-order valence-corrected chi connectivity index (χ2v) is 8.44. The van der Waals surface area contributed by atoms with Gasteiger partial charge in [0.2, 0.25) is 0 Å². The average Bonchev–Trinajstić information content (AvgIpc) is 3.13. The Morgan fingerprint density at radius 3 is 2.77 bits per heavy atom. The van der Waals surface area contributed by atoms with Crippen molar-refractivity contribution in [1.82, 2.24) is 30.0 Å². The van der Waals surface area contributed by atoms with Crippen LogP contribution in [-0.4, -0.2) is 74.2 Å². The van der Waals surface area contributed by atoms with Crippen LogP contribution < -0.4 is 11.1 Å². The summed E-state index contributed by atoms with van der Waals surface area (Å²) >= 11 is 1.46. The summed E-state index contributed by atoms with van der Waals surface area (Å²) in [6.07, 6.45) is 4.66. The highest BCUT2D eigenvalue weighted by molar-refractivity contribution is 7.98. The van der Waals surface area contributed by atoms with E-state index in [4.69, 9.17) is 10.8 Å². The number of likely N-dealkylation sites (tertiary alicyclic amines) is 1. The van der Waals surface area contributed by atoms with Crippen LogP contribution in [0.3, 0.4) is 0 Å². The zero-order valence-electron chi connectivity index (χ0n) is 17.2. The fourth-order valence-electron chi connectivity index (χ4n) is 4.11. The van der Waals surface area contributed by atoms with Gasteiger partial charge in [0.25, 0.3) is 5.91 Å². The molecule has 3 heterocycles. The highest BCUT2D eigenvalue weighted by Gasteiger charge is 2.23. The third-order valence-electron chi connectivity index (χ3n) is 5.70. The van der Waals surface area contributed by atoms with E-state index in [2.05, 4.69) is 25.3 Å². The third kappa shape index (κ3) is 4.57. The molecular weight excluding hydrogens is 418 g/mol. The molecule has 0 aliphatic carbocycles. The van der Waals surface area contributed by atoms with Crippen molar-refractivity contribution in [2.24, 2.45) is 11.7 Å². The second-order valence-electron chi connectivity index (χ2n) is 7.67. The average molecular weight is 444 g/mol. The van der Waals surface area contributed by atoms with Crippen molar-refractivity contribution >= 4 is 45.6 Å². The quantitative estimate of drug-likeness (QED) is 0.371.